The van der Waals surface area contributed by atoms with E-state index in [1.165, 1.54) is 29.6 Å². The van der Waals surface area contributed by atoms with Crippen molar-refractivity contribution >= 4 is 45.6 Å². The Hall–Kier alpha value is -3.04. The van der Waals surface area contributed by atoms with Crippen molar-refractivity contribution in [1.29, 1.82) is 0 Å². The van der Waals surface area contributed by atoms with Crippen LogP contribution in [-0.2, 0) is 20.9 Å². The average molecular weight is 428 g/mol. The lowest BCUT2D eigenvalue weighted by Gasteiger charge is -2.09. The number of carbonyl (C=O) groups is 3. The second kappa shape index (κ2) is 8.14. The topological polar surface area (TPSA) is 97.4 Å². The van der Waals surface area contributed by atoms with Crippen LogP contribution in [0.1, 0.15) is 40.2 Å². The van der Waals surface area contributed by atoms with E-state index in [2.05, 4.69) is 15.6 Å². The zero-order chi connectivity index (χ0) is 20.4. The van der Waals surface area contributed by atoms with Gasteiger partial charge in [0.25, 0.3) is 0 Å². The Bertz CT molecular complexity index is 1090. The highest BCUT2D eigenvalue weighted by molar-refractivity contribution is 7.17. The summed E-state index contributed by atoms with van der Waals surface area (Å²) in [7, 11) is 0. The maximum atomic E-state index is 12.4. The minimum atomic E-state index is -0.577. The Morgan fingerprint density at radius 1 is 1.21 bits per heavy atom. The van der Waals surface area contributed by atoms with Crippen LogP contribution in [0.5, 0.6) is 0 Å². The van der Waals surface area contributed by atoms with Crippen LogP contribution in [0.2, 0.25) is 0 Å². The Morgan fingerprint density at radius 2 is 2.03 bits per heavy atom. The lowest BCUT2D eigenvalue weighted by atomic mass is 10.0. The van der Waals surface area contributed by atoms with Gasteiger partial charge >= 0.3 is 5.97 Å². The minimum Gasteiger partial charge on any atom is -0.453 e. The van der Waals surface area contributed by atoms with Gasteiger partial charge in [0.15, 0.2) is 5.13 Å². The molecule has 3 aromatic rings. The third-order valence-electron chi connectivity index (χ3n) is 4.32. The number of nitrogens with one attached hydrogen (secondary N) is 2. The number of ether oxygens (including phenoxy) is 1. The number of fused-ring (bicyclic) bond motifs is 1. The van der Waals surface area contributed by atoms with Gasteiger partial charge in [0.2, 0.25) is 11.8 Å². The van der Waals surface area contributed by atoms with E-state index >= 15 is 0 Å². The largest absolute Gasteiger partial charge is 0.453 e. The lowest BCUT2D eigenvalue weighted by molar-refractivity contribution is -0.119. The second-order valence-corrected chi connectivity index (χ2v) is 8.47. The first kappa shape index (κ1) is 19.3. The summed E-state index contributed by atoms with van der Waals surface area (Å²) in [4.78, 5) is 41.8. The number of anilines is 1. The molecule has 1 unspecified atom stereocenters. The zero-order valence-corrected chi connectivity index (χ0v) is 17.1. The number of esters is 1. The van der Waals surface area contributed by atoms with Gasteiger partial charge in [0.05, 0.1) is 29.1 Å². The number of rotatable bonds is 6. The van der Waals surface area contributed by atoms with E-state index in [1.807, 2.05) is 23.6 Å². The monoisotopic (exact) mass is 427 g/mol. The van der Waals surface area contributed by atoms with Gasteiger partial charge in [-0.1, -0.05) is 18.2 Å². The number of hydrogen-bond donors (Lipinski definition) is 2. The van der Waals surface area contributed by atoms with Gasteiger partial charge in [-0.3, -0.25) is 9.59 Å². The fraction of sp³-hybridized carbons (Fsp3) is 0.200. The molecule has 0 bridgehead atoms. The van der Waals surface area contributed by atoms with Crippen molar-refractivity contribution in [2.45, 2.75) is 26.0 Å². The predicted octanol–water partition coefficient (Wildman–Crippen LogP) is 3.75. The second-order valence-electron chi connectivity index (χ2n) is 6.45. The molecule has 2 amide bonds. The predicted molar refractivity (Wildman–Crippen MR) is 111 cm³/mol. The summed E-state index contributed by atoms with van der Waals surface area (Å²) in [5.41, 5.74) is 2.01. The quantitative estimate of drug-likeness (QED) is 0.584. The van der Waals surface area contributed by atoms with Crippen molar-refractivity contribution < 1.29 is 19.1 Å². The number of amides is 2. The van der Waals surface area contributed by atoms with Gasteiger partial charge in [-0.15, -0.1) is 22.7 Å². The fourth-order valence-corrected chi connectivity index (χ4v) is 4.69. The molecule has 1 atom stereocenters. The van der Waals surface area contributed by atoms with Crippen LogP contribution in [0.3, 0.4) is 0 Å². The molecule has 1 aromatic carbocycles. The van der Waals surface area contributed by atoms with Gasteiger partial charge in [-0.25, -0.2) is 9.78 Å². The summed E-state index contributed by atoms with van der Waals surface area (Å²) < 4.78 is 5.31. The minimum absolute atomic E-state index is 0.0392. The number of thiazole rings is 1. The highest BCUT2D eigenvalue weighted by Gasteiger charge is 2.32. The first-order valence-electron chi connectivity index (χ1n) is 8.88. The van der Waals surface area contributed by atoms with E-state index in [1.54, 1.807) is 18.2 Å². The molecule has 4 rings (SSSR count). The van der Waals surface area contributed by atoms with E-state index in [4.69, 9.17) is 4.74 Å². The number of aromatic nitrogens is 1. The molecule has 1 aliphatic rings. The van der Waals surface area contributed by atoms with Crippen molar-refractivity contribution in [2.24, 2.45) is 0 Å². The SMILES string of the molecule is CC(=O)NCc1ccc(-c2csc(NC(=O)CC3OC(=O)c4ccccc43)n2)s1. The number of benzene rings is 1. The van der Waals surface area contributed by atoms with Crippen molar-refractivity contribution in [3.63, 3.8) is 0 Å². The first-order chi connectivity index (χ1) is 14.0. The number of thiophene rings is 1. The van der Waals surface area contributed by atoms with E-state index in [-0.39, 0.29) is 18.2 Å². The summed E-state index contributed by atoms with van der Waals surface area (Å²) in [6, 6.07) is 11.0. The van der Waals surface area contributed by atoms with Crippen LogP contribution in [0.15, 0.2) is 41.8 Å². The molecule has 2 aromatic heterocycles. The molecule has 0 fully saturated rings. The molecule has 1 aliphatic heterocycles. The van der Waals surface area contributed by atoms with Gasteiger partial charge < -0.3 is 15.4 Å². The lowest BCUT2D eigenvalue weighted by Crippen LogP contribution is -2.17. The van der Waals surface area contributed by atoms with Crippen molar-refractivity contribution in [3.05, 3.63) is 57.8 Å². The summed E-state index contributed by atoms with van der Waals surface area (Å²) in [6.07, 6.45) is -0.538. The Morgan fingerprint density at radius 3 is 2.86 bits per heavy atom. The summed E-state index contributed by atoms with van der Waals surface area (Å²) in [5.74, 6) is -0.741. The van der Waals surface area contributed by atoms with Gasteiger partial charge in [-0.05, 0) is 18.2 Å². The summed E-state index contributed by atoms with van der Waals surface area (Å²) in [5, 5.41) is 7.89. The maximum Gasteiger partial charge on any atom is 0.339 e. The van der Waals surface area contributed by atoms with E-state index < -0.39 is 12.1 Å². The number of cyclic esters (lactones) is 1. The molecule has 0 radical (unpaired) electrons. The molecule has 2 N–H and O–H groups in total. The molecule has 0 aliphatic carbocycles. The van der Waals surface area contributed by atoms with Crippen molar-refractivity contribution in [2.75, 3.05) is 5.32 Å². The normalized spacial score (nSPS) is 14.9. The fourth-order valence-electron chi connectivity index (χ4n) is 2.98. The molecule has 0 saturated carbocycles. The number of nitrogens with zero attached hydrogens (tertiary/aromatic N) is 1. The van der Waals surface area contributed by atoms with Crippen LogP contribution in [-0.4, -0.2) is 22.8 Å². The highest BCUT2D eigenvalue weighted by Crippen LogP contribution is 2.34. The standard InChI is InChI=1S/C20H17N3O4S2/c1-11(24)21-9-12-6-7-17(29-12)15-10-28-20(22-15)23-18(25)8-16-13-4-2-3-5-14(13)19(26)27-16/h2-7,10,16H,8-9H2,1H3,(H,21,24)(H,22,23,25). The molecule has 7 nitrogen and oxygen atoms in total. The van der Waals surface area contributed by atoms with E-state index in [0.717, 1.165) is 21.0 Å². The third kappa shape index (κ3) is 4.36. The van der Waals surface area contributed by atoms with Crippen LogP contribution >= 0.6 is 22.7 Å². The number of carbonyl (C=O) groups excluding carboxylic acids is 3. The van der Waals surface area contributed by atoms with E-state index in [9.17, 15) is 14.4 Å². The highest BCUT2D eigenvalue weighted by atomic mass is 32.1. The van der Waals surface area contributed by atoms with Gasteiger partial charge in [0.1, 0.15) is 6.10 Å². The molecular weight excluding hydrogens is 410 g/mol. The Labute approximate surface area is 174 Å². The smallest absolute Gasteiger partial charge is 0.339 e. The summed E-state index contributed by atoms with van der Waals surface area (Å²) in [6.45, 7) is 1.96. The molecular formula is C20H17N3O4S2. The Kier molecular flexibility index (Phi) is 5.41. The number of hydrogen-bond acceptors (Lipinski definition) is 7. The van der Waals surface area contributed by atoms with Crippen molar-refractivity contribution in [3.8, 4) is 10.6 Å². The zero-order valence-electron chi connectivity index (χ0n) is 15.4. The van der Waals surface area contributed by atoms with Crippen LogP contribution in [0.4, 0.5) is 5.13 Å². The maximum absolute atomic E-state index is 12.4. The third-order valence-corrected chi connectivity index (χ3v) is 6.19. The van der Waals surface area contributed by atoms with Crippen LogP contribution in [0.25, 0.3) is 10.6 Å². The van der Waals surface area contributed by atoms with Crippen LogP contribution in [0, 0.1) is 0 Å². The molecule has 0 saturated heterocycles. The molecule has 0 spiro atoms. The molecule has 9 heteroatoms. The average Bonchev–Trinajstić information content (AvgIpc) is 3.40. The first-order valence-corrected chi connectivity index (χ1v) is 10.6. The van der Waals surface area contributed by atoms with Gasteiger partial charge in [-0.2, -0.15) is 0 Å². The van der Waals surface area contributed by atoms with Gasteiger partial charge in [0, 0.05) is 22.7 Å². The summed E-state index contributed by atoms with van der Waals surface area (Å²) >= 11 is 2.87. The molecule has 148 valence electrons. The van der Waals surface area contributed by atoms with E-state index in [0.29, 0.717) is 17.2 Å². The van der Waals surface area contributed by atoms with Crippen molar-refractivity contribution in [1.82, 2.24) is 10.3 Å². The molecule has 29 heavy (non-hydrogen) atoms. The Balaban J connectivity index is 1.38. The van der Waals surface area contributed by atoms with Crippen LogP contribution < -0.4 is 10.6 Å². The molecule has 3 heterocycles.